The zero-order chi connectivity index (χ0) is 26.8. The third-order valence-corrected chi connectivity index (χ3v) is 11.2. The van der Waals surface area contributed by atoms with E-state index in [0.717, 1.165) is 22.7 Å². The number of imidazole rings is 2. The maximum Gasteiger partial charge on any atom is 0.116 e. The molecular formula is C32H46N4. The van der Waals surface area contributed by atoms with Crippen molar-refractivity contribution in [1.29, 1.82) is 0 Å². The molecule has 0 aliphatic rings. The summed E-state index contributed by atoms with van der Waals surface area (Å²) in [6.07, 6.45) is 0. The van der Waals surface area contributed by atoms with Crippen molar-refractivity contribution in [3.05, 3.63) is 60.2 Å². The maximum atomic E-state index is 5.35. The molecule has 0 radical (unpaired) electrons. The molecule has 2 unspecified atom stereocenters. The molecule has 0 N–H and O–H groups in total. The number of hydrogen-bond donors (Lipinski definition) is 0. The summed E-state index contributed by atoms with van der Waals surface area (Å²) in [6, 6.07) is 17.0. The molecule has 0 saturated heterocycles. The Bertz CT molecular complexity index is 1400. The van der Waals surface area contributed by atoms with Gasteiger partial charge in [-0.05, 0) is 46.4 Å². The van der Waals surface area contributed by atoms with Crippen LogP contribution >= 0.6 is 0 Å². The normalized spacial score (nSPS) is 16.1. The maximum absolute atomic E-state index is 5.35. The van der Waals surface area contributed by atoms with Crippen molar-refractivity contribution in [3.8, 4) is 0 Å². The van der Waals surface area contributed by atoms with Crippen LogP contribution in [0, 0.1) is 22.2 Å². The summed E-state index contributed by atoms with van der Waals surface area (Å²) in [5.41, 5.74) is 4.03. The molecule has 0 fully saturated rings. The Labute approximate surface area is 218 Å². The molecule has 4 nitrogen and oxygen atoms in total. The molecule has 2 heterocycles. The second kappa shape index (κ2) is 8.46. The van der Waals surface area contributed by atoms with Crippen molar-refractivity contribution in [3.63, 3.8) is 0 Å². The smallest absolute Gasteiger partial charge is 0.116 e. The summed E-state index contributed by atoms with van der Waals surface area (Å²) in [6.45, 7) is 24.3. The molecular weight excluding hydrogens is 440 g/mol. The summed E-state index contributed by atoms with van der Waals surface area (Å²) < 4.78 is 4.62. The zero-order valence-corrected chi connectivity index (χ0v) is 24.6. The van der Waals surface area contributed by atoms with Gasteiger partial charge in [0.05, 0.1) is 22.1 Å². The molecule has 4 heteroatoms. The van der Waals surface area contributed by atoms with Gasteiger partial charge in [-0.2, -0.15) is 0 Å². The number of aryl methyl sites for hydroxylation is 2. The largest absolute Gasteiger partial charge is 0.331 e. The number of hydrogen-bond acceptors (Lipinski definition) is 2. The summed E-state index contributed by atoms with van der Waals surface area (Å²) >= 11 is 0. The van der Waals surface area contributed by atoms with Crippen LogP contribution in [0.3, 0.4) is 0 Å². The van der Waals surface area contributed by atoms with Gasteiger partial charge in [0.15, 0.2) is 0 Å². The summed E-state index contributed by atoms with van der Waals surface area (Å²) in [7, 11) is 4.34. The van der Waals surface area contributed by atoms with Crippen molar-refractivity contribution < 1.29 is 0 Å². The summed E-state index contributed by atoms with van der Waals surface area (Å²) in [4.78, 5) is 10.6. The van der Waals surface area contributed by atoms with Crippen LogP contribution < -0.4 is 0 Å². The number of benzene rings is 2. The Hall–Kier alpha value is -2.62. The highest BCUT2D eigenvalue weighted by molar-refractivity contribution is 5.77. The monoisotopic (exact) mass is 486 g/mol. The molecule has 0 bridgehead atoms. The highest BCUT2D eigenvalue weighted by Crippen LogP contribution is 2.64. The number of para-hydroxylation sites is 4. The number of aromatic nitrogens is 4. The molecule has 0 aliphatic heterocycles. The van der Waals surface area contributed by atoms with E-state index in [4.69, 9.17) is 9.97 Å². The SMILES string of the molecule is CC(C)C(C)(C)C(C)(C)C(C)(C)C(C)(c1nc2ccccc2n1C)C(C)c1nc2ccccc2n1C. The van der Waals surface area contributed by atoms with Crippen LogP contribution in [0.1, 0.15) is 86.8 Å². The van der Waals surface area contributed by atoms with E-state index >= 15 is 0 Å². The summed E-state index contributed by atoms with van der Waals surface area (Å²) in [5.74, 6) is 2.88. The number of fused-ring (bicyclic) bond motifs is 2. The van der Waals surface area contributed by atoms with Crippen molar-refractivity contribution in [2.24, 2.45) is 36.3 Å². The van der Waals surface area contributed by atoms with Crippen molar-refractivity contribution in [2.45, 2.75) is 80.6 Å². The van der Waals surface area contributed by atoms with Crippen LogP contribution in [0.25, 0.3) is 22.1 Å². The van der Waals surface area contributed by atoms with Gasteiger partial charge >= 0.3 is 0 Å². The van der Waals surface area contributed by atoms with E-state index in [9.17, 15) is 0 Å². The minimum absolute atomic E-state index is 0.0279. The van der Waals surface area contributed by atoms with E-state index in [1.807, 2.05) is 0 Å². The van der Waals surface area contributed by atoms with Gasteiger partial charge in [-0.15, -0.1) is 0 Å². The Morgan fingerprint density at radius 2 is 1.11 bits per heavy atom. The van der Waals surface area contributed by atoms with Crippen LogP contribution in [0.2, 0.25) is 0 Å². The average molecular weight is 487 g/mol. The van der Waals surface area contributed by atoms with Crippen LogP contribution in [0.5, 0.6) is 0 Å². The van der Waals surface area contributed by atoms with Gasteiger partial charge in [0, 0.05) is 25.4 Å². The summed E-state index contributed by atoms with van der Waals surface area (Å²) in [5, 5.41) is 0. The van der Waals surface area contributed by atoms with E-state index in [0.29, 0.717) is 5.92 Å². The van der Waals surface area contributed by atoms with Crippen LogP contribution in [0.4, 0.5) is 0 Å². The highest BCUT2D eigenvalue weighted by Gasteiger charge is 2.61. The van der Waals surface area contributed by atoms with E-state index in [-0.39, 0.29) is 27.6 Å². The third-order valence-electron chi connectivity index (χ3n) is 11.2. The molecule has 2 aromatic carbocycles. The molecule has 0 saturated carbocycles. The molecule has 0 amide bonds. The fourth-order valence-electron chi connectivity index (χ4n) is 6.61. The fourth-order valence-corrected chi connectivity index (χ4v) is 6.61. The molecule has 4 rings (SSSR count). The van der Waals surface area contributed by atoms with Gasteiger partial charge in [0.25, 0.3) is 0 Å². The zero-order valence-electron chi connectivity index (χ0n) is 24.6. The van der Waals surface area contributed by atoms with Crippen LogP contribution in [0.15, 0.2) is 48.5 Å². The van der Waals surface area contributed by atoms with E-state index in [1.165, 1.54) is 11.0 Å². The molecule has 0 aliphatic carbocycles. The first-order valence-corrected chi connectivity index (χ1v) is 13.4. The van der Waals surface area contributed by atoms with Crippen molar-refractivity contribution in [1.82, 2.24) is 19.1 Å². The van der Waals surface area contributed by atoms with E-state index in [2.05, 4.69) is 141 Å². The van der Waals surface area contributed by atoms with Gasteiger partial charge in [0.2, 0.25) is 0 Å². The molecule has 36 heavy (non-hydrogen) atoms. The average Bonchev–Trinajstić information content (AvgIpc) is 3.35. The van der Waals surface area contributed by atoms with Crippen molar-refractivity contribution >= 4 is 22.1 Å². The first kappa shape index (κ1) is 26.4. The first-order valence-electron chi connectivity index (χ1n) is 13.4. The van der Waals surface area contributed by atoms with Gasteiger partial charge < -0.3 is 9.13 Å². The van der Waals surface area contributed by atoms with E-state index < -0.39 is 0 Å². The Balaban J connectivity index is 2.05. The van der Waals surface area contributed by atoms with Gasteiger partial charge in [-0.1, -0.05) is 93.5 Å². The second-order valence-electron chi connectivity index (χ2n) is 13.1. The Morgan fingerprint density at radius 1 is 0.639 bits per heavy atom. The predicted octanol–water partition coefficient (Wildman–Crippen LogP) is 8.26. The third kappa shape index (κ3) is 3.39. The predicted molar refractivity (Wildman–Crippen MR) is 153 cm³/mol. The molecule has 2 aromatic heterocycles. The highest BCUT2D eigenvalue weighted by atomic mass is 15.1. The Kier molecular flexibility index (Phi) is 6.22. The van der Waals surface area contributed by atoms with Crippen molar-refractivity contribution in [2.75, 3.05) is 0 Å². The molecule has 0 spiro atoms. The van der Waals surface area contributed by atoms with Gasteiger partial charge in [-0.25, -0.2) is 9.97 Å². The fraction of sp³-hybridized carbons (Fsp3) is 0.562. The number of nitrogens with zero attached hydrogens (tertiary/aromatic N) is 4. The lowest BCUT2D eigenvalue weighted by molar-refractivity contribution is -0.0996. The first-order chi connectivity index (χ1) is 16.6. The second-order valence-corrected chi connectivity index (χ2v) is 13.1. The lowest BCUT2D eigenvalue weighted by Crippen LogP contribution is -2.58. The van der Waals surface area contributed by atoms with Crippen LogP contribution in [-0.4, -0.2) is 19.1 Å². The lowest BCUT2D eigenvalue weighted by Gasteiger charge is -2.61. The molecule has 194 valence electrons. The lowest BCUT2D eigenvalue weighted by atomic mass is 9.42. The number of rotatable bonds is 7. The van der Waals surface area contributed by atoms with Gasteiger partial charge in [0.1, 0.15) is 11.6 Å². The van der Waals surface area contributed by atoms with E-state index in [1.54, 1.807) is 0 Å². The quantitative estimate of drug-likeness (QED) is 0.263. The molecule has 2 atom stereocenters. The standard InChI is InChI=1S/C32H46N4/c1-21(2)29(4,5)30(6,7)31(8,9)32(10,28-34-24-18-14-16-20-26(24)36(28)12)22(3)27-33-23-17-13-15-19-25(23)35(27)11/h13-22H,1-12H3. The minimum atomic E-state index is -0.328. The topological polar surface area (TPSA) is 35.6 Å². The van der Waals surface area contributed by atoms with Gasteiger partial charge in [-0.3, -0.25) is 0 Å². The minimum Gasteiger partial charge on any atom is -0.331 e. The Morgan fingerprint density at radius 3 is 1.58 bits per heavy atom. The van der Waals surface area contributed by atoms with Crippen LogP contribution in [-0.2, 0) is 19.5 Å². The molecule has 4 aromatic rings.